The van der Waals surface area contributed by atoms with Crippen LogP contribution in [0.4, 0.5) is 11.5 Å². The fourth-order valence-electron chi connectivity index (χ4n) is 3.42. The molecule has 1 fully saturated rings. The van der Waals surface area contributed by atoms with Crippen molar-refractivity contribution in [3.63, 3.8) is 0 Å². The Morgan fingerprint density at radius 2 is 2.17 bits per heavy atom. The van der Waals surface area contributed by atoms with Crippen LogP contribution in [0.15, 0.2) is 29.8 Å². The van der Waals surface area contributed by atoms with Crippen LogP contribution >= 0.6 is 11.3 Å². The first kappa shape index (κ1) is 15.6. The van der Waals surface area contributed by atoms with Crippen molar-refractivity contribution in [3.05, 3.63) is 40.2 Å². The Balaban J connectivity index is 1.39. The molecule has 126 valence electrons. The summed E-state index contributed by atoms with van der Waals surface area (Å²) in [7, 11) is 0. The highest BCUT2D eigenvalue weighted by Gasteiger charge is 2.21. The third kappa shape index (κ3) is 3.30. The van der Waals surface area contributed by atoms with Gasteiger partial charge in [0, 0.05) is 23.9 Å². The van der Waals surface area contributed by atoms with Crippen molar-refractivity contribution in [1.82, 2.24) is 10.3 Å². The number of carbonyl (C=O) groups is 1. The van der Waals surface area contributed by atoms with Crippen molar-refractivity contribution in [2.75, 3.05) is 29.9 Å². The standard InChI is InChI=1S/C18H22N4OS/c23-18(13-3-7-19-8-4-13)21-15-1-2-17(20-11-15)22-9-5-16-14(12-22)6-10-24-16/h1-2,6,10-11,13,19H,3-5,7-9,12H2,(H,21,23). The number of rotatable bonds is 3. The highest BCUT2D eigenvalue weighted by Crippen LogP contribution is 2.27. The molecule has 0 aliphatic carbocycles. The van der Waals surface area contributed by atoms with Crippen LogP contribution < -0.4 is 15.5 Å². The van der Waals surface area contributed by atoms with Crippen LogP contribution in [0.3, 0.4) is 0 Å². The second kappa shape index (κ2) is 6.91. The molecule has 4 rings (SSSR count). The van der Waals surface area contributed by atoms with Gasteiger partial charge >= 0.3 is 0 Å². The number of piperidine rings is 1. The van der Waals surface area contributed by atoms with Gasteiger partial charge in [-0.2, -0.15) is 0 Å². The summed E-state index contributed by atoms with van der Waals surface area (Å²) < 4.78 is 0. The van der Waals surface area contributed by atoms with Crippen LogP contribution in [0, 0.1) is 5.92 Å². The van der Waals surface area contributed by atoms with Gasteiger partial charge in [0.05, 0.1) is 11.9 Å². The zero-order valence-corrected chi connectivity index (χ0v) is 14.4. The average molecular weight is 342 g/mol. The summed E-state index contributed by atoms with van der Waals surface area (Å²) in [4.78, 5) is 20.6. The maximum Gasteiger partial charge on any atom is 0.227 e. The zero-order valence-electron chi connectivity index (χ0n) is 13.6. The van der Waals surface area contributed by atoms with Crippen LogP contribution in [0.2, 0.25) is 0 Å². The number of aromatic nitrogens is 1. The third-order valence-corrected chi connectivity index (χ3v) is 5.88. The van der Waals surface area contributed by atoms with Crippen LogP contribution in [0.25, 0.3) is 0 Å². The van der Waals surface area contributed by atoms with Crippen molar-refractivity contribution in [3.8, 4) is 0 Å². The molecule has 0 bridgehead atoms. The molecule has 5 nitrogen and oxygen atoms in total. The van der Waals surface area contributed by atoms with Crippen LogP contribution in [-0.4, -0.2) is 30.5 Å². The predicted octanol–water partition coefficient (Wildman–Crippen LogP) is 2.64. The lowest BCUT2D eigenvalue weighted by molar-refractivity contribution is -0.120. The minimum Gasteiger partial charge on any atom is -0.352 e. The molecule has 24 heavy (non-hydrogen) atoms. The first-order chi connectivity index (χ1) is 11.8. The Labute approximate surface area is 146 Å². The van der Waals surface area contributed by atoms with Crippen LogP contribution in [0.5, 0.6) is 0 Å². The van der Waals surface area contributed by atoms with Gasteiger partial charge in [-0.3, -0.25) is 4.79 Å². The van der Waals surface area contributed by atoms with E-state index in [4.69, 9.17) is 0 Å². The first-order valence-electron chi connectivity index (χ1n) is 8.57. The van der Waals surface area contributed by atoms with Gasteiger partial charge in [0.1, 0.15) is 5.82 Å². The number of pyridine rings is 1. The van der Waals surface area contributed by atoms with Gasteiger partial charge in [-0.1, -0.05) is 0 Å². The molecule has 2 aliphatic rings. The number of hydrogen-bond donors (Lipinski definition) is 2. The Morgan fingerprint density at radius 1 is 1.29 bits per heavy atom. The van der Waals surface area contributed by atoms with E-state index in [9.17, 15) is 4.79 Å². The van der Waals surface area contributed by atoms with Gasteiger partial charge in [0.25, 0.3) is 0 Å². The number of thiophene rings is 1. The van der Waals surface area contributed by atoms with E-state index in [1.54, 1.807) is 6.20 Å². The number of nitrogens with zero attached hydrogens (tertiary/aromatic N) is 2. The van der Waals surface area contributed by atoms with Gasteiger partial charge in [-0.25, -0.2) is 4.98 Å². The highest BCUT2D eigenvalue weighted by atomic mass is 32.1. The Bertz CT molecular complexity index is 706. The lowest BCUT2D eigenvalue weighted by atomic mass is 9.97. The quantitative estimate of drug-likeness (QED) is 0.900. The van der Waals surface area contributed by atoms with Gasteiger partial charge in [-0.15, -0.1) is 11.3 Å². The normalized spacial score (nSPS) is 18.2. The summed E-state index contributed by atoms with van der Waals surface area (Å²) in [6, 6.07) is 6.18. The highest BCUT2D eigenvalue weighted by molar-refractivity contribution is 7.10. The molecule has 0 spiro atoms. The Hall–Kier alpha value is -1.92. The molecular weight excluding hydrogens is 320 g/mol. The second-order valence-corrected chi connectivity index (χ2v) is 7.46. The number of fused-ring (bicyclic) bond motifs is 1. The van der Waals surface area contributed by atoms with Gasteiger partial charge < -0.3 is 15.5 Å². The summed E-state index contributed by atoms with van der Waals surface area (Å²) in [6.45, 7) is 3.78. The lowest BCUT2D eigenvalue weighted by Crippen LogP contribution is -2.34. The molecule has 0 radical (unpaired) electrons. The minimum absolute atomic E-state index is 0.116. The van der Waals surface area contributed by atoms with Gasteiger partial charge in [0.2, 0.25) is 5.91 Å². The first-order valence-corrected chi connectivity index (χ1v) is 9.45. The van der Waals surface area contributed by atoms with Crippen molar-refractivity contribution in [1.29, 1.82) is 0 Å². The smallest absolute Gasteiger partial charge is 0.227 e. The fraction of sp³-hybridized carbons (Fsp3) is 0.444. The van der Waals surface area contributed by atoms with Gasteiger partial charge in [-0.05, 0) is 61.5 Å². The molecule has 2 aromatic heterocycles. The molecule has 2 aliphatic heterocycles. The monoisotopic (exact) mass is 342 g/mol. The van der Waals surface area contributed by atoms with E-state index in [0.717, 1.165) is 56.9 Å². The molecule has 2 N–H and O–H groups in total. The van der Waals surface area contributed by atoms with Crippen LogP contribution in [0.1, 0.15) is 23.3 Å². The summed E-state index contributed by atoms with van der Waals surface area (Å²) in [5.74, 6) is 1.21. The maximum atomic E-state index is 12.3. The van der Waals surface area contributed by atoms with E-state index in [0.29, 0.717) is 0 Å². The van der Waals surface area contributed by atoms with Gasteiger partial charge in [0.15, 0.2) is 0 Å². The van der Waals surface area contributed by atoms with Crippen LogP contribution in [-0.2, 0) is 17.8 Å². The molecule has 6 heteroatoms. The Kier molecular flexibility index (Phi) is 4.49. The summed E-state index contributed by atoms with van der Waals surface area (Å²) in [5, 5.41) is 8.46. The second-order valence-electron chi connectivity index (χ2n) is 6.46. The number of anilines is 2. The number of amides is 1. The Morgan fingerprint density at radius 3 is 2.96 bits per heavy atom. The maximum absolute atomic E-state index is 12.3. The summed E-state index contributed by atoms with van der Waals surface area (Å²) in [6.07, 6.45) is 4.68. The van der Waals surface area contributed by atoms with E-state index >= 15 is 0 Å². The molecule has 0 aromatic carbocycles. The van der Waals surface area contributed by atoms with Crippen molar-refractivity contribution < 1.29 is 4.79 Å². The topological polar surface area (TPSA) is 57.3 Å². The van der Waals surface area contributed by atoms with E-state index in [1.165, 1.54) is 10.4 Å². The zero-order chi connectivity index (χ0) is 16.4. The number of hydrogen-bond acceptors (Lipinski definition) is 5. The minimum atomic E-state index is 0.116. The van der Waals surface area contributed by atoms with Crippen molar-refractivity contribution in [2.45, 2.75) is 25.8 Å². The SMILES string of the molecule is O=C(Nc1ccc(N2CCc3sccc3C2)nc1)C1CCNCC1. The molecule has 0 atom stereocenters. The predicted molar refractivity (Wildman–Crippen MR) is 97.5 cm³/mol. The molecule has 2 aromatic rings. The lowest BCUT2D eigenvalue weighted by Gasteiger charge is -2.28. The molecule has 1 saturated heterocycles. The van der Waals surface area contributed by atoms with E-state index in [2.05, 4.69) is 32.0 Å². The van der Waals surface area contributed by atoms with Crippen molar-refractivity contribution in [2.24, 2.45) is 5.92 Å². The van der Waals surface area contributed by atoms with E-state index in [-0.39, 0.29) is 11.8 Å². The van der Waals surface area contributed by atoms with E-state index < -0.39 is 0 Å². The number of carbonyl (C=O) groups excluding carboxylic acids is 1. The van der Waals surface area contributed by atoms with E-state index in [1.807, 2.05) is 23.5 Å². The molecule has 1 amide bonds. The molecule has 0 saturated carbocycles. The fourth-order valence-corrected chi connectivity index (χ4v) is 4.31. The molecule has 4 heterocycles. The average Bonchev–Trinajstić information content (AvgIpc) is 3.11. The third-order valence-electron chi connectivity index (χ3n) is 4.86. The molecular formula is C18H22N4OS. The summed E-state index contributed by atoms with van der Waals surface area (Å²) >= 11 is 1.85. The number of nitrogens with one attached hydrogen (secondary N) is 2. The summed E-state index contributed by atoms with van der Waals surface area (Å²) in [5.41, 5.74) is 2.20. The van der Waals surface area contributed by atoms with Crippen molar-refractivity contribution >= 4 is 28.7 Å². The molecule has 0 unspecified atom stereocenters. The largest absolute Gasteiger partial charge is 0.352 e.